The van der Waals surface area contributed by atoms with Gasteiger partial charge < -0.3 is 0 Å². The van der Waals surface area contributed by atoms with E-state index in [0.717, 1.165) is 6.21 Å². The molecule has 0 atom stereocenters. The van der Waals surface area contributed by atoms with E-state index in [1.807, 2.05) is 0 Å². The molecule has 1 nitrogen and oxygen atoms in total. The van der Waals surface area contributed by atoms with Gasteiger partial charge >= 0.3 is 0 Å². The van der Waals surface area contributed by atoms with E-state index in [2.05, 4.69) is 5.21 Å². The topological polar surface area (TPSA) is 12.4 Å². The highest BCUT2D eigenvalue weighted by Gasteiger charge is 1.38. The van der Waals surface area contributed by atoms with E-state index < -0.39 is 0 Å². The lowest BCUT2D eigenvalue weighted by molar-refractivity contribution is 0.540. The molecule has 0 radical (unpaired) electrons. The zero-order valence-corrected chi connectivity index (χ0v) is 2.40. The number of hydrogen-bond acceptors (Lipinski definition) is 1. The monoisotopic (exact) mass is 61.0 g/mol. The Bertz CT molecular complexity index is 21.2. The first-order valence-electron chi connectivity index (χ1n) is 1.00. The van der Waals surface area contributed by atoms with Crippen LogP contribution in [0.15, 0.2) is 5.21 Å². The molecule has 2 heteroatoms. The summed E-state index contributed by atoms with van der Waals surface area (Å²) >= 11 is 0. The number of hydrogen-bond donors (Lipinski definition) is 0. The van der Waals surface area contributed by atoms with Gasteiger partial charge in [0.25, 0.3) is 0 Å². The largest absolute Gasteiger partial charge is 0.100 e. The van der Waals surface area contributed by atoms with E-state index in [-0.39, 0.29) is 0 Å². The molecule has 0 aliphatic rings. The van der Waals surface area contributed by atoms with Gasteiger partial charge in [0.2, 0.25) is 0 Å². The summed E-state index contributed by atoms with van der Waals surface area (Å²) in [7, 11) is 0. The summed E-state index contributed by atoms with van der Waals surface area (Å²) < 4.78 is 10.3. The van der Waals surface area contributed by atoms with Crippen molar-refractivity contribution in [2.45, 2.75) is 6.92 Å². The van der Waals surface area contributed by atoms with Gasteiger partial charge in [0.15, 0.2) is 0 Å². The van der Waals surface area contributed by atoms with Crippen molar-refractivity contribution in [2.24, 2.45) is 5.21 Å². The molecule has 0 spiro atoms. The van der Waals surface area contributed by atoms with Gasteiger partial charge in [0, 0.05) is 6.21 Å². The van der Waals surface area contributed by atoms with Crippen LogP contribution in [0.4, 0.5) is 4.48 Å². The van der Waals surface area contributed by atoms with Crippen LogP contribution in [-0.2, 0) is 0 Å². The molecule has 0 N–H and O–H groups in total. The van der Waals surface area contributed by atoms with Gasteiger partial charge in [-0.1, -0.05) is 4.48 Å². The third-order valence-corrected chi connectivity index (χ3v) is 0.0976. The van der Waals surface area contributed by atoms with Crippen LogP contribution in [0.2, 0.25) is 0 Å². The van der Waals surface area contributed by atoms with Gasteiger partial charge in [-0.05, 0) is 6.92 Å². The second-order valence-corrected chi connectivity index (χ2v) is 0.356. The summed E-state index contributed by atoms with van der Waals surface area (Å²) in [5.41, 5.74) is 0. The Hall–Kier alpha value is -0.400. The Morgan fingerprint density at radius 3 is 2.25 bits per heavy atom. The standard InChI is InChI=1S/C2H4FN/c1-2-4-3/h2H,1H3. The fourth-order valence-electron chi connectivity index (χ4n) is 0. The van der Waals surface area contributed by atoms with Crippen molar-refractivity contribution in [2.75, 3.05) is 0 Å². The first-order chi connectivity index (χ1) is 1.91. The average molecular weight is 61.1 g/mol. The Labute approximate surface area is 24.1 Å². The summed E-state index contributed by atoms with van der Waals surface area (Å²) in [5, 5.41) is 2.11. The molecule has 4 heavy (non-hydrogen) atoms. The zero-order valence-electron chi connectivity index (χ0n) is 2.40. The first kappa shape index (κ1) is 3.60. The second-order valence-electron chi connectivity index (χ2n) is 0.356. The van der Waals surface area contributed by atoms with Gasteiger partial charge in [-0.2, -0.15) is 0 Å². The Morgan fingerprint density at radius 1 is 2.00 bits per heavy atom. The minimum atomic E-state index is 1.08. The van der Waals surface area contributed by atoms with Crippen molar-refractivity contribution in [3.05, 3.63) is 0 Å². The van der Waals surface area contributed by atoms with E-state index in [0.29, 0.717) is 0 Å². The average Bonchev–Trinajstić information content (AvgIpc) is 1.37. The molecule has 0 fully saturated rings. The highest BCUT2D eigenvalue weighted by atomic mass is 19.2. The molecule has 0 unspecified atom stereocenters. The quantitative estimate of drug-likeness (QED) is 0.370. The molecule has 0 aromatic heterocycles. The molecular formula is C2H4FN. The van der Waals surface area contributed by atoms with E-state index in [9.17, 15) is 4.48 Å². The minimum Gasteiger partial charge on any atom is -0.100 e. The predicted molar refractivity (Wildman–Crippen MR) is 15.3 cm³/mol. The molecule has 0 amide bonds. The summed E-state index contributed by atoms with van der Waals surface area (Å²) in [6.07, 6.45) is 1.08. The third-order valence-electron chi connectivity index (χ3n) is 0.0976. The van der Waals surface area contributed by atoms with Crippen LogP contribution in [0.5, 0.6) is 0 Å². The SMILES string of the molecule is CC=NF. The van der Waals surface area contributed by atoms with Crippen LogP contribution in [0.1, 0.15) is 6.92 Å². The van der Waals surface area contributed by atoms with Crippen LogP contribution < -0.4 is 0 Å². The van der Waals surface area contributed by atoms with Crippen molar-refractivity contribution in [3.63, 3.8) is 0 Å². The summed E-state index contributed by atoms with van der Waals surface area (Å²) in [5.74, 6) is 0. The van der Waals surface area contributed by atoms with Crippen molar-refractivity contribution in [3.8, 4) is 0 Å². The van der Waals surface area contributed by atoms with Gasteiger partial charge in [-0.3, -0.25) is 0 Å². The van der Waals surface area contributed by atoms with Crippen molar-refractivity contribution < 1.29 is 4.48 Å². The second kappa shape index (κ2) is 2.60. The van der Waals surface area contributed by atoms with Crippen LogP contribution in [-0.4, -0.2) is 6.21 Å². The maximum absolute atomic E-state index is 10.3. The van der Waals surface area contributed by atoms with E-state index in [4.69, 9.17) is 0 Å². The summed E-state index contributed by atoms with van der Waals surface area (Å²) in [6.45, 7) is 1.51. The fourth-order valence-corrected chi connectivity index (χ4v) is 0. The lowest BCUT2D eigenvalue weighted by Gasteiger charge is -1.46. The highest BCUT2D eigenvalue weighted by molar-refractivity contribution is 5.51. The molecular weight excluding hydrogens is 57.0 g/mol. The van der Waals surface area contributed by atoms with Gasteiger partial charge in [-0.25, -0.2) is 0 Å². The molecule has 0 heterocycles. The molecule has 0 aromatic carbocycles. The van der Waals surface area contributed by atoms with Crippen molar-refractivity contribution in [1.82, 2.24) is 0 Å². The Morgan fingerprint density at radius 2 is 2.25 bits per heavy atom. The first-order valence-corrected chi connectivity index (χ1v) is 1.00. The number of rotatable bonds is 0. The fraction of sp³-hybridized carbons (Fsp3) is 0.500. The molecule has 0 bridgehead atoms. The van der Waals surface area contributed by atoms with E-state index in [1.165, 1.54) is 6.92 Å². The lowest BCUT2D eigenvalue weighted by Crippen LogP contribution is -1.40. The Kier molecular flexibility index (Phi) is 2.34. The highest BCUT2D eigenvalue weighted by Crippen LogP contribution is 1.54. The maximum atomic E-state index is 10.3. The lowest BCUT2D eigenvalue weighted by atomic mass is 10.9. The van der Waals surface area contributed by atoms with Crippen LogP contribution in [0.3, 0.4) is 0 Å². The number of halogens is 1. The third kappa shape index (κ3) is 1.60. The molecule has 24 valence electrons. The van der Waals surface area contributed by atoms with Gasteiger partial charge in [0.1, 0.15) is 0 Å². The van der Waals surface area contributed by atoms with Crippen LogP contribution in [0, 0.1) is 0 Å². The zero-order chi connectivity index (χ0) is 3.41. The summed E-state index contributed by atoms with van der Waals surface area (Å²) in [6, 6.07) is 0. The molecule has 0 aromatic rings. The van der Waals surface area contributed by atoms with Crippen LogP contribution >= 0.6 is 0 Å². The van der Waals surface area contributed by atoms with Crippen molar-refractivity contribution >= 4 is 6.21 Å². The molecule has 0 aliphatic heterocycles. The van der Waals surface area contributed by atoms with E-state index in [1.54, 1.807) is 0 Å². The molecule has 0 rings (SSSR count). The molecule has 0 aliphatic carbocycles. The summed E-state index contributed by atoms with van der Waals surface area (Å²) in [4.78, 5) is 0. The normalized spacial score (nSPS) is 9.50. The maximum Gasteiger partial charge on any atom is 0.0343 e. The van der Waals surface area contributed by atoms with Crippen LogP contribution in [0.25, 0.3) is 0 Å². The van der Waals surface area contributed by atoms with Gasteiger partial charge in [0.05, 0.1) is 0 Å². The predicted octanol–water partition coefficient (Wildman–Crippen LogP) is 0.962. The van der Waals surface area contributed by atoms with Crippen molar-refractivity contribution in [1.29, 1.82) is 0 Å². The molecule has 0 saturated heterocycles. The smallest absolute Gasteiger partial charge is 0.0343 e. The molecule has 0 saturated carbocycles. The van der Waals surface area contributed by atoms with E-state index >= 15 is 0 Å². The minimum absolute atomic E-state index is 1.08. The number of nitrogens with zero attached hydrogens (tertiary/aromatic N) is 1. The Balaban J connectivity index is 2.55. The van der Waals surface area contributed by atoms with Gasteiger partial charge in [-0.15, -0.1) is 5.21 Å².